The van der Waals surface area contributed by atoms with Crippen molar-refractivity contribution in [2.75, 3.05) is 30.5 Å². The van der Waals surface area contributed by atoms with Crippen molar-refractivity contribution in [2.24, 2.45) is 0 Å². The molecule has 0 bridgehead atoms. The molecule has 1 heterocycles. The Bertz CT molecular complexity index is 804. The third-order valence-corrected chi connectivity index (χ3v) is 4.73. The van der Waals surface area contributed by atoms with Gasteiger partial charge in [-0.1, -0.05) is 41.5 Å². The first kappa shape index (κ1) is 16.0. The van der Waals surface area contributed by atoms with Gasteiger partial charge in [0.1, 0.15) is 5.58 Å². The van der Waals surface area contributed by atoms with Crippen LogP contribution in [0.1, 0.15) is 11.1 Å². The lowest BCUT2D eigenvalue weighted by Crippen LogP contribution is -2.20. The van der Waals surface area contributed by atoms with Crippen LogP contribution in [0.5, 0.6) is 0 Å². The van der Waals surface area contributed by atoms with E-state index in [1.807, 2.05) is 11.8 Å². The van der Waals surface area contributed by atoms with Crippen molar-refractivity contribution in [3.05, 3.63) is 53.6 Å². The van der Waals surface area contributed by atoms with Crippen molar-refractivity contribution in [3.8, 4) is 11.1 Å². The minimum atomic E-state index is 0.956. The summed E-state index contributed by atoms with van der Waals surface area (Å²) in [4.78, 5) is 2.22. The molecule has 0 fully saturated rings. The molecule has 0 unspecified atom stereocenters. The number of aryl methyl sites for hydroxylation is 2. The zero-order valence-corrected chi connectivity index (χ0v) is 15.0. The maximum Gasteiger partial charge on any atom is 0.204 e. The molecule has 120 valence electrons. The second kappa shape index (κ2) is 6.71. The highest BCUT2D eigenvalue weighted by Crippen LogP contribution is 2.40. The number of furan rings is 1. The molecule has 0 amide bonds. The van der Waals surface area contributed by atoms with Gasteiger partial charge in [0.05, 0.1) is 5.56 Å². The van der Waals surface area contributed by atoms with E-state index in [1.165, 1.54) is 27.6 Å². The van der Waals surface area contributed by atoms with Gasteiger partial charge in [-0.3, -0.25) is 0 Å². The minimum Gasteiger partial charge on any atom is -0.440 e. The van der Waals surface area contributed by atoms with Crippen LogP contribution in [0.25, 0.3) is 22.1 Å². The Morgan fingerprint density at radius 3 is 2.39 bits per heavy atom. The van der Waals surface area contributed by atoms with Crippen molar-refractivity contribution in [1.82, 2.24) is 0 Å². The lowest BCUT2D eigenvalue weighted by atomic mass is 10.0. The normalized spacial score (nSPS) is 11.1. The van der Waals surface area contributed by atoms with Gasteiger partial charge < -0.3 is 9.32 Å². The largest absolute Gasteiger partial charge is 0.440 e. The Hall–Kier alpha value is -1.87. The van der Waals surface area contributed by atoms with Crippen LogP contribution in [0.4, 0.5) is 5.88 Å². The van der Waals surface area contributed by atoms with E-state index in [0.717, 1.165) is 23.8 Å². The Morgan fingerprint density at radius 2 is 1.70 bits per heavy atom. The molecule has 0 spiro atoms. The quantitative estimate of drug-likeness (QED) is 0.615. The van der Waals surface area contributed by atoms with Crippen LogP contribution < -0.4 is 4.90 Å². The number of anilines is 1. The maximum atomic E-state index is 6.21. The fraction of sp³-hybridized carbons (Fsp3) is 0.300. The zero-order valence-electron chi connectivity index (χ0n) is 14.2. The highest BCUT2D eigenvalue weighted by molar-refractivity contribution is 7.98. The number of thioether (sulfide) groups is 1. The van der Waals surface area contributed by atoms with Crippen LogP contribution in [0.15, 0.2) is 46.9 Å². The Balaban J connectivity index is 2.18. The summed E-state index contributed by atoms with van der Waals surface area (Å²) < 4.78 is 6.21. The van der Waals surface area contributed by atoms with Gasteiger partial charge in [0.15, 0.2) is 0 Å². The topological polar surface area (TPSA) is 16.4 Å². The molecule has 0 radical (unpaired) electrons. The molecular weight excluding hydrogens is 302 g/mol. The van der Waals surface area contributed by atoms with Crippen LogP contribution in [0.3, 0.4) is 0 Å². The van der Waals surface area contributed by atoms with Crippen LogP contribution >= 0.6 is 11.8 Å². The van der Waals surface area contributed by atoms with Gasteiger partial charge in [0.2, 0.25) is 5.88 Å². The number of fused-ring (bicyclic) bond motifs is 1. The highest BCUT2D eigenvalue weighted by Gasteiger charge is 2.19. The van der Waals surface area contributed by atoms with E-state index < -0.39 is 0 Å². The summed E-state index contributed by atoms with van der Waals surface area (Å²) in [5.41, 5.74) is 5.90. The third kappa shape index (κ3) is 3.25. The number of benzene rings is 2. The molecule has 2 nitrogen and oxygen atoms in total. The fourth-order valence-corrected chi connectivity index (χ4v) is 3.25. The van der Waals surface area contributed by atoms with Gasteiger partial charge in [-0.05, 0) is 37.8 Å². The lowest BCUT2D eigenvalue weighted by molar-refractivity contribution is 0.602. The lowest BCUT2D eigenvalue weighted by Gasteiger charge is -2.17. The molecule has 0 aliphatic heterocycles. The van der Waals surface area contributed by atoms with E-state index in [4.69, 9.17) is 4.42 Å². The molecular formula is C20H23NOS. The molecule has 0 saturated heterocycles. The summed E-state index contributed by atoms with van der Waals surface area (Å²) >= 11 is 1.85. The molecule has 0 N–H and O–H groups in total. The second-order valence-electron chi connectivity index (χ2n) is 6.06. The highest BCUT2D eigenvalue weighted by atomic mass is 32.2. The average molecular weight is 325 g/mol. The van der Waals surface area contributed by atoms with Gasteiger partial charge in [-0.15, -0.1) is 0 Å². The molecule has 0 aliphatic rings. The number of nitrogens with zero attached hydrogens (tertiary/aromatic N) is 1. The summed E-state index contributed by atoms with van der Waals surface area (Å²) in [5, 5.41) is 1.19. The van der Waals surface area contributed by atoms with E-state index in [1.54, 1.807) is 0 Å². The van der Waals surface area contributed by atoms with Gasteiger partial charge in [0, 0.05) is 24.7 Å². The van der Waals surface area contributed by atoms with Crippen molar-refractivity contribution < 1.29 is 4.42 Å². The van der Waals surface area contributed by atoms with Gasteiger partial charge >= 0.3 is 0 Å². The molecule has 1 aromatic heterocycles. The summed E-state index contributed by atoms with van der Waals surface area (Å²) in [7, 11) is 2.11. The van der Waals surface area contributed by atoms with Crippen molar-refractivity contribution in [1.29, 1.82) is 0 Å². The zero-order chi connectivity index (χ0) is 16.4. The Morgan fingerprint density at radius 1 is 1.00 bits per heavy atom. The van der Waals surface area contributed by atoms with Crippen LogP contribution in [-0.2, 0) is 0 Å². The van der Waals surface area contributed by atoms with Crippen molar-refractivity contribution in [3.63, 3.8) is 0 Å². The molecule has 23 heavy (non-hydrogen) atoms. The minimum absolute atomic E-state index is 0.956. The van der Waals surface area contributed by atoms with Crippen LogP contribution in [0.2, 0.25) is 0 Å². The smallest absolute Gasteiger partial charge is 0.204 e. The molecule has 2 aromatic carbocycles. The second-order valence-corrected chi connectivity index (χ2v) is 7.05. The van der Waals surface area contributed by atoms with E-state index >= 15 is 0 Å². The molecule has 3 heteroatoms. The standard InChI is InChI=1S/C20H23NOS/c1-14-5-8-16(9-6-14)19-17-13-15(2)7-10-18(17)22-20(19)21(3)11-12-23-4/h5-10,13H,11-12H2,1-4H3. The van der Waals surface area contributed by atoms with E-state index in [2.05, 4.69) is 74.5 Å². The summed E-state index contributed by atoms with van der Waals surface area (Å²) in [6.07, 6.45) is 2.14. The van der Waals surface area contributed by atoms with Crippen LogP contribution in [0, 0.1) is 13.8 Å². The third-order valence-electron chi connectivity index (χ3n) is 4.14. The van der Waals surface area contributed by atoms with E-state index in [-0.39, 0.29) is 0 Å². The predicted molar refractivity (Wildman–Crippen MR) is 103 cm³/mol. The molecule has 3 rings (SSSR count). The van der Waals surface area contributed by atoms with E-state index in [9.17, 15) is 0 Å². The van der Waals surface area contributed by atoms with Gasteiger partial charge in [0.25, 0.3) is 0 Å². The monoisotopic (exact) mass is 325 g/mol. The van der Waals surface area contributed by atoms with Gasteiger partial charge in [-0.2, -0.15) is 11.8 Å². The van der Waals surface area contributed by atoms with Crippen molar-refractivity contribution in [2.45, 2.75) is 13.8 Å². The summed E-state index contributed by atoms with van der Waals surface area (Å²) in [6, 6.07) is 15.1. The Kier molecular flexibility index (Phi) is 4.67. The molecule has 0 saturated carbocycles. The van der Waals surface area contributed by atoms with Crippen molar-refractivity contribution >= 4 is 28.6 Å². The number of rotatable bonds is 5. The predicted octanol–water partition coefficient (Wildman–Crippen LogP) is 5.52. The molecule has 3 aromatic rings. The fourth-order valence-electron chi connectivity index (χ4n) is 2.80. The average Bonchev–Trinajstić information content (AvgIpc) is 2.92. The molecule has 0 atom stereocenters. The first-order chi connectivity index (χ1) is 11.1. The molecule has 0 aliphatic carbocycles. The summed E-state index contributed by atoms with van der Waals surface area (Å²) in [5.74, 6) is 2.04. The maximum absolute atomic E-state index is 6.21. The SMILES string of the molecule is CSCCN(C)c1oc2ccc(C)cc2c1-c1ccc(C)cc1. The van der Waals surface area contributed by atoms with Crippen LogP contribution in [-0.4, -0.2) is 25.6 Å². The number of hydrogen-bond acceptors (Lipinski definition) is 3. The first-order valence-electron chi connectivity index (χ1n) is 7.90. The first-order valence-corrected chi connectivity index (χ1v) is 9.30. The Labute approximate surface area is 142 Å². The number of hydrogen-bond donors (Lipinski definition) is 0. The van der Waals surface area contributed by atoms with E-state index in [0.29, 0.717) is 0 Å². The summed E-state index contributed by atoms with van der Waals surface area (Å²) in [6.45, 7) is 5.22. The van der Waals surface area contributed by atoms with Gasteiger partial charge in [-0.25, -0.2) is 0 Å².